The van der Waals surface area contributed by atoms with Crippen molar-refractivity contribution in [2.75, 3.05) is 5.32 Å². The molecular weight excluding hydrogens is 339 g/mol. The van der Waals surface area contributed by atoms with E-state index in [9.17, 15) is 10.1 Å². The molecule has 2 N–H and O–H groups in total. The van der Waals surface area contributed by atoms with E-state index in [-0.39, 0.29) is 5.69 Å². The van der Waals surface area contributed by atoms with Gasteiger partial charge in [-0.1, -0.05) is 5.21 Å². The number of halogens is 1. The fourth-order valence-corrected chi connectivity index (χ4v) is 1.92. The smallest absolute Gasteiger partial charge is 0.282 e. The third-order valence-electron chi connectivity index (χ3n) is 1.98. The summed E-state index contributed by atoms with van der Waals surface area (Å²) in [5.74, 6) is 0.526. The number of nitro benzene ring substituents is 1. The normalized spacial score (nSPS) is 10.2. The summed E-state index contributed by atoms with van der Waals surface area (Å²) in [7, 11) is 0. The van der Waals surface area contributed by atoms with Crippen molar-refractivity contribution in [2.24, 2.45) is 0 Å². The Hall–Kier alpha value is -1.78. The van der Waals surface area contributed by atoms with Gasteiger partial charge in [0.1, 0.15) is 0 Å². The van der Waals surface area contributed by atoms with Gasteiger partial charge in [0.2, 0.25) is 0 Å². The zero-order valence-electron chi connectivity index (χ0n) is 8.42. The van der Waals surface area contributed by atoms with Crippen molar-refractivity contribution in [3.63, 3.8) is 0 Å². The van der Waals surface area contributed by atoms with Crippen molar-refractivity contribution < 1.29 is 4.92 Å². The van der Waals surface area contributed by atoms with Gasteiger partial charge in [-0.05, 0) is 34.7 Å². The summed E-state index contributed by atoms with van der Waals surface area (Å²) in [6.45, 7) is 0.407. The maximum atomic E-state index is 10.6. The first-order chi connectivity index (χ1) is 8.16. The highest BCUT2D eigenvalue weighted by Crippen LogP contribution is 2.24. The molecule has 0 radical (unpaired) electrons. The predicted octanol–water partition coefficient (Wildman–Crippen LogP) is 1.32. The van der Waals surface area contributed by atoms with Crippen LogP contribution in [0.25, 0.3) is 0 Å². The second kappa shape index (κ2) is 5.03. The number of H-pyrrole nitrogens is 1. The molecule has 0 spiro atoms. The number of nitro groups is 1. The molecule has 0 amide bonds. The van der Waals surface area contributed by atoms with Gasteiger partial charge >= 0.3 is 0 Å². The molecule has 0 saturated carbocycles. The second-order valence-corrected chi connectivity index (χ2v) is 4.27. The molecule has 0 aliphatic carbocycles. The van der Waals surface area contributed by atoms with Crippen LogP contribution in [0.1, 0.15) is 5.82 Å². The van der Waals surface area contributed by atoms with Crippen LogP contribution in [-0.4, -0.2) is 25.5 Å². The van der Waals surface area contributed by atoms with Crippen molar-refractivity contribution in [3.8, 4) is 0 Å². The van der Waals surface area contributed by atoms with Crippen molar-refractivity contribution in [1.29, 1.82) is 0 Å². The maximum absolute atomic E-state index is 10.6. The van der Waals surface area contributed by atoms with E-state index in [2.05, 4.69) is 25.9 Å². The molecule has 0 fully saturated rings. The molecule has 17 heavy (non-hydrogen) atoms. The summed E-state index contributed by atoms with van der Waals surface area (Å²) < 4.78 is 0.575. The van der Waals surface area contributed by atoms with Gasteiger partial charge in [0.05, 0.1) is 15.0 Å². The van der Waals surface area contributed by atoms with Crippen LogP contribution >= 0.6 is 22.6 Å². The number of tetrazole rings is 1. The molecule has 88 valence electrons. The Morgan fingerprint density at radius 2 is 2.35 bits per heavy atom. The molecule has 0 atom stereocenters. The van der Waals surface area contributed by atoms with Gasteiger partial charge in [-0.15, -0.1) is 10.2 Å². The fourth-order valence-electron chi connectivity index (χ4n) is 1.20. The fraction of sp³-hybridized carbons (Fsp3) is 0.125. The van der Waals surface area contributed by atoms with E-state index in [1.165, 1.54) is 6.07 Å². The van der Waals surface area contributed by atoms with E-state index < -0.39 is 4.92 Å². The van der Waals surface area contributed by atoms with Gasteiger partial charge in [-0.2, -0.15) is 5.21 Å². The average molecular weight is 346 g/mol. The second-order valence-electron chi connectivity index (χ2n) is 3.10. The Morgan fingerprint density at radius 1 is 1.53 bits per heavy atom. The largest absolute Gasteiger partial charge is 0.378 e. The number of nitrogens with one attached hydrogen (secondary N) is 2. The highest BCUT2D eigenvalue weighted by Gasteiger charge is 2.11. The summed E-state index contributed by atoms with van der Waals surface area (Å²) >= 11 is 1.92. The Balaban J connectivity index is 2.07. The zero-order chi connectivity index (χ0) is 12.3. The molecule has 0 unspecified atom stereocenters. The first kappa shape index (κ1) is 11.7. The number of anilines is 1. The molecule has 8 nitrogen and oxygen atoms in total. The standard InChI is InChI=1S/C8H7IN6O2/c9-6-3-5(1-2-7(6)15(16)17)10-4-8-11-13-14-12-8/h1-3,10H,4H2,(H,11,12,13,14). The minimum Gasteiger partial charge on any atom is -0.378 e. The third kappa shape index (κ3) is 2.87. The van der Waals surface area contributed by atoms with E-state index in [1.807, 2.05) is 22.6 Å². The van der Waals surface area contributed by atoms with Gasteiger partial charge in [-0.3, -0.25) is 10.1 Å². The van der Waals surface area contributed by atoms with E-state index >= 15 is 0 Å². The number of aromatic nitrogens is 4. The Kier molecular flexibility index (Phi) is 3.46. The monoisotopic (exact) mass is 346 g/mol. The molecule has 0 saturated heterocycles. The quantitative estimate of drug-likeness (QED) is 0.491. The molecule has 0 aliphatic heterocycles. The van der Waals surface area contributed by atoms with Gasteiger partial charge in [0.25, 0.3) is 5.69 Å². The Labute approximate surface area is 109 Å². The van der Waals surface area contributed by atoms with Gasteiger partial charge in [-0.25, -0.2) is 0 Å². The number of nitrogens with zero attached hydrogens (tertiary/aromatic N) is 4. The lowest BCUT2D eigenvalue weighted by atomic mass is 10.3. The molecule has 0 aliphatic rings. The van der Waals surface area contributed by atoms with Crippen LogP contribution in [-0.2, 0) is 6.54 Å². The number of hydrogen-bond acceptors (Lipinski definition) is 6. The molecule has 2 aromatic rings. The topological polar surface area (TPSA) is 110 Å². The Bertz CT molecular complexity index is 529. The van der Waals surface area contributed by atoms with Crippen LogP contribution in [0.2, 0.25) is 0 Å². The van der Waals surface area contributed by atoms with Crippen LogP contribution in [0, 0.1) is 13.7 Å². The number of aromatic amines is 1. The van der Waals surface area contributed by atoms with Gasteiger partial charge in [0.15, 0.2) is 5.82 Å². The van der Waals surface area contributed by atoms with Crippen LogP contribution in [0.4, 0.5) is 11.4 Å². The highest BCUT2D eigenvalue weighted by molar-refractivity contribution is 14.1. The minimum atomic E-state index is -0.412. The summed E-state index contributed by atoms with van der Waals surface area (Å²) in [5, 5.41) is 27.0. The predicted molar refractivity (Wildman–Crippen MR) is 67.3 cm³/mol. The zero-order valence-corrected chi connectivity index (χ0v) is 10.6. The average Bonchev–Trinajstić information content (AvgIpc) is 2.78. The molecular formula is C8H7IN6O2. The lowest BCUT2D eigenvalue weighted by molar-refractivity contribution is -0.385. The van der Waals surface area contributed by atoms with Crippen molar-refractivity contribution in [3.05, 3.63) is 37.7 Å². The Morgan fingerprint density at radius 3 is 2.94 bits per heavy atom. The number of rotatable bonds is 4. The van der Waals surface area contributed by atoms with E-state index in [1.54, 1.807) is 12.1 Å². The van der Waals surface area contributed by atoms with Crippen molar-refractivity contribution in [1.82, 2.24) is 20.6 Å². The minimum absolute atomic E-state index is 0.0933. The van der Waals surface area contributed by atoms with Crippen molar-refractivity contribution in [2.45, 2.75) is 6.54 Å². The molecule has 1 heterocycles. The van der Waals surface area contributed by atoms with E-state index in [4.69, 9.17) is 0 Å². The summed E-state index contributed by atoms with van der Waals surface area (Å²) in [4.78, 5) is 10.2. The molecule has 1 aromatic heterocycles. The summed E-state index contributed by atoms with van der Waals surface area (Å²) in [6, 6.07) is 4.79. The summed E-state index contributed by atoms with van der Waals surface area (Å²) in [5.41, 5.74) is 0.862. The van der Waals surface area contributed by atoms with Gasteiger partial charge < -0.3 is 5.32 Å². The molecule has 1 aromatic carbocycles. The SMILES string of the molecule is O=[N+]([O-])c1ccc(NCc2nn[nH]n2)cc1I. The van der Waals surface area contributed by atoms with Crippen LogP contribution in [0.3, 0.4) is 0 Å². The first-order valence-electron chi connectivity index (χ1n) is 4.57. The van der Waals surface area contributed by atoms with E-state index in [0.717, 1.165) is 5.69 Å². The third-order valence-corrected chi connectivity index (χ3v) is 2.85. The summed E-state index contributed by atoms with van der Waals surface area (Å²) in [6.07, 6.45) is 0. The number of benzene rings is 1. The van der Waals surface area contributed by atoms with Crippen molar-refractivity contribution >= 4 is 34.0 Å². The van der Waals surface area contributed by atoms with Gasteiger partial charge in [0, 0.05) is 11.8 Å². The first-order valence-corrected chi connectivity index (χ1v) is 5.65. The molecule has 2 rings (SSSR count). The molecule has 0 bridgehead atoms. The van der Waals surface area contributed by atoms with Crippen LogP contribution in [0.5, 0.6) is 0 Å². The number of hydrogen-bond donors (Lipinski definition) is 2. The highest BCUT2D eigenvalue weighted by atomic mass is 127. The lowest BCUT2D eigenvalue weighted by Crippen LogP contribution is -2.02. The van der Waals surface area contributed by atoms with E-state index in [0.29, 0.717) is 15.9 Å². The maximum Gasteiger partial charge on any atom is 0.282 e. The molecule has 9 heteroatoms. The lowest BCUT2D eigenvalue weighted by Gasteiger charge is -2.04. The van der Waals surface area contributed by atoms with Crippen LogP contribution < -0.4 is 5.32 Å². The van der Waals surface area contributed by atoms with Crippen LogP contribution in [0.15, 0.2) is 18.2 Å².